The molecule has 2 aromatic rings. The van der Waals surface area contributed by atoms with Crippen LogP contribution in [0.5, 0.6) is 0 Å². The molecule has 0 N–H and O–H groups in total. The highest BCUT2D eigenvalue weighted by atomic mass is 16.1. The Morgan fingerprint density at radius 1 is 1.12 bits per heavy atom. The van der Waals surface area contributed by atoms with E-state index in [1.165, 1.54) is 0 Å². The zero-order valence-corrected chi connectivity index (χ0v) is 9.63. The second-order valence-corrected chi connectivity index (χ2v) is 4.50. The summed E-state index contributed by atoms with van der Waals surface area (Å²) in [6.07, 6.45) is 3.53. The van der Waals surface area contributed by atoms with Crippen molar-refractivity contribution in [3.8, 4) is 0 Å². The van der Waals surface area contributed by atoms with E-state index in [1.807, 2.05) is 36.4 Å². The fourth-order valence-electron chi connectivity index (χ4n) is 2.69. The topological polar surface area (TPSA) is 30.0 Å². The van der Waals surface area contributed by atoms with Crippen LogP contribution in [0.4, 0.5) is 0 Å². The van der Waals surface area contributed by atoms with Crippen LogP contribution in [0.1, 0.15) is 40.2 Å². The van der Waals surface area contributed by atoms with Crippen LogP contribution in [0, 0.1) is 0 Å². The van der Waals surface area contributed by atoms with Crippen LogP contribution in [0.25, 0.3) is 0 Å². The van der Waals surface area contributed by atoms with Crippen LogP contribution in [-0.4, -0.2) is 10.8 Å². The van der Waals surface area contributed by atoms with Crippen molar-refractivity contribution in [2.75, 3.05) is 0 Å². The quantitative estimate of drug-likeness (QED) is 0.743. The van der Waals surface area contributed by atoms with Gasteiger partial charge in [-0.1, -0.05) is 37.3 Å². The van der Waals surface area contributed by atoms with Crippen LogP contribution in [0.3, 0.4) is 0 Å². The fraction of sp³-hybridized carbons (Fsp3) is 0.200. The number of hydrogen-bond donors (Lipinski definition) is 0. The summed E-state index contributed by atoms with van der Waals surface area (Å²) in [4.78, 5) is 16.5. The van der Waals surface area contributed by atoms with Gasteiger partial charge in [0, 0.05) is 18.0 Å². The van der Waals surface area contributed by atoms with Gasteiger partial charge in [-0.15, -0.1) is 0 Å². The standard InChI is InChI=1S/C15H13NO/c1-10-12-6-2-3-7-13(12)15(17)14(10)11-5-4-8-16-9-11/h2-10,14H,1H3/t10-,14+/m0/s1. The Morgan fingerprint density at radius 3 is 2.65 bits per heavy atom. The van der Waals surface area contributed by atoms with E-state index in [2.05, 4.69) is 11.9 Å². The number of aromatic nitrogens is 1. The number of pyridine rings is 1. The maximum atomic E-state index is 12.4. The first kappa shape index (κ1) is 10.2. The minimum atomic E-state index is -0.0684. The van der Waals surface area contributed by atoms with E-state index in [0.717, 1.165) is 16.7 Å². The highest BCUT2D eigenvalue weighted by molar-refractivity contribution is 6.06. The summed E-state index contributed by atoms with van der Waals surface area (Å²) in [6.45, 7) is 2.11. The SMILES string of the molecule is C[C@H]1c2ccccc2C(=O)[C@H]1c1cccnc1. The molecule has 0 saturated heterocycles. The van der Waals surface area contributed by atoms with Gasteiger partial charge in [0.25, 0.3) is 0 Å². The Bertz CT molecular complexity index is 562. The first-order valence-corrected chi connectivity index (χ1v) is 5.82. The number of fused-ring (bicyclic) bond motifs is 1. The molecule has 1 aromatic carbocycles. The maximum absolute atomic E-state index is 12.4. The first-order chi connectivity index (χ1) is 8.29. The maximum Gasteiger partial charge on any atom is 0.171 e. The fourth-order valence-corrected chi connectivity index (χ4v) is 2.69. The van der Waals surface area contributed by atoms with Crippen LogP contribution in [0.2, 0.25) is 0 Å². The lowest BCUT2D eigenvalue weighted by Gasteiger charge is -2.14. The second-order valence-electron chi connectivity index (χ2n) is 4.50. The molecule has 1 heterocycles. The summed E-state index contributed by atoms with van der Waals surface area (Å²) in [5, 5.41) is 0. The van der Waals surface area contributed by atoms with Crippen LogP contribution in [0.15, 0.2) is 48.8 Å². The molecule has 3 rings (SSSR count). The molecule has 17 heavy (non-hydrogen) atoms. The van der Waals surface area contributed by atoms with Gasteiger partial charge >= 0.3 is 0 Å². The minimum absolute atomic E-state index is 0.0684. The molecule has 0 bridgehead atoms. The van der Waals surface area contributed by atoms with Crippen molar-refractivity contribution >= 4 is 5.78 Å². The van der Waals surface area contributed by atoms with Crippen molar-refractivity contribution < 1.29 is 4.79 Å². The van der Waals surface area contributed by atoms with Gasteiger partial charge in [0.15, 0.2) is 5.78 Å². The third-order valence-corrected chi connectivity index (χ3v) is 3.54. The van der Waals surface area contributed by atoms with E-state index < -0.39 is 0 Å². The third-order valence-electron chi connectivity index (χ3n) is 3.54. The zero-order valence-electron chi connectivity index (χ0n) is 9.63. The van der Waals surface area contributed by atoms with Gasteiger partial charge in [-0.05, 0) is 23.1 Å². The largest absolute Gasteiger partial charge is 0.293 e. The third kappa shape index (κ3) is 1.48. The normalized spacial score (nSPS) is 22.5. The van der Waals surface area contributed by atoms with Crippen molar-refractivity contribution in [2.45, 2.75) is 18.8 Å². The molecule has 0 aliphatic heterocycles. The summed E-state index contributed by atoms with van der Waals surface area (Å²) in [6, 6.07) is 11.8. The predicted octanol–water partition coefficient (Wildman–Crippen LogP) is 3.17. The second kappa shape index (κ2) is 3.81. The molecule has 84 valence electrons. The lowest BCUT2D eigenvalue weighted by molar-refractivity contribution is 0.0966. The number of hydrogen-bond acceptors (Lipinski definition) is 2. The molecule has 0 fully saturated rings. The van der Waals surface area contributed by atoms with E-state index in [1.54, 1.807) is 12.4 Å². The predicted molar refractivity (Wildman–Crippen MR) is 66.2 cm³/mol. The van der Waals surface area contributed by atoms with Gasteiger partial charge in [0.1, 0.15) is 0 Å². The summed E-state index contributed by atoms with van der Waals surface area (Å²) >= 11 is 0. The average Bonchev–Trinajstić information content (AvgIpc) is 2.64. The Morgan fingerprint density at radius 2 is 1.94 bits per heavy atom. The molecule has 0 amide bonds. The molecule has 0 spiro atoms. The lowest BCUT2D eigenvalue weighted by Crippen LogP contribution is -2.09. The number of carbonyl (C=O) groups excluding carboxylic acids is 1. The van der Waals surface area contributed by atoms with Crippen molar-refractivity contribution in [3.05, 3.63) is 65.5 Å². The van der Waals surface area contributed by atoms with Crippen LogP contribution in [-0.2, 0) is 0 Å². The number of rotatable bonds is 1. The molecule has 1 aromatic heterocycles. The van der Waals surface area contributed by atoms with Crippen LogP contribution < -0.4 is 0 Å². The van der Waals surface area contributed by atoms with Gasteiger partial charge < -0.3 is 0 Å². The van der Waals surface area contributed by atoms with Crippen LogP contribution >= 0.6 is 0 Å². The highest BCUT2D eigenvalue weighted by Gasteiger charge is 2.37. The van der Waals surface area contributed by atoms with E-state index in [0.29, 0.717) is 0 Å². The molecule has 2 nitrogen and oxygen atoms in total. The van der Waals surface area contributed by atoms with Gasteiger partial charge in [0.2, 0.25) is 0 Å². The summed E-state index contributed by atoms with van der Waals surface area (Å²) < 4.78 is 0. The van der Waals surface area contributed by atoms with E-state index >= 15 is 0 Å². The van der Waals surface area contributed by atoms with Gasteiger partial charge in [0.05, 0.1) is 5.92 Å². The zero-order chi connectivity index (χ0) is 11.8. The number of ketones is 1. The van der Waals surface area contributed by atoms with E-state index in [9.17, 15) is 4.79 Å². The average molecular weight is 223 g/mol. The summed E-state index contributed by atoms with van der Waals surface area (Å²) in [5.74, 6) is 0.394. The molecule has 1 aliphatic carbocycles. The minimum Gasteiger partial charge on any atom is -0.293 e. The number of carbonyl (C=O) groups is 1. The number of Topliss-reactive ketones (excluding diaryl/α,β-unsaturated/α-hetero) is 1. The van der Waals surface area contributed by atoms with E-state index in [4.69, 9.17) is 0 Å². The Labute approximate surface area is 100 Å². The summed E-state index contributed by atoms with van der Waals surface area (Å²) in [7, 11) is 0. The number of benzene rings is 1. The Kier molecular flexibility index (Phi) is 2.29. The monoisotopic (exact) mass is 223 g/mol. The molecule has 0 unspecified atom stereocenters. The molecule has 0 radical (unpaired) electrons. The highest BCUT2D eigenvalue weighted by Crippen LogP contribution is 2.43. The summed E-state index contributed by atoms with van der Waals surface area (Å²) in [5.41, 5.74) is 3.04. The van der Waals surface area contributed by atoms with Gasteiger partial charge in [-0.3, -0.25) is 9.78 Å². The van der Waals surface area contributed by atoms with Gasteiger partial charge in [-0.25, -0.2) is 0 Å². The Balaban J connectivity index is 2.10. The molecule has 0 saturated carbocycles. The first-order valence-electron chi connectivity index (χ1n) is 5.82. The van der Waals surface area contributed by atoms with Crippen molar-refractivity contribution in [3.63, 3.8) is 0 Å². The van der Waals surface area contributed by atoms with E-state index in [-0.39, 0.29) is 17.6 Å². The molecule has 1 aliphatic rings. The Hall–Kier alpha value is -1.96. The molecule has 2 heteroatoms. The van der Waals surface area contributed by atoms with Crippen molar-refractivity contribution in [1.29, 1.82) is 0 Å². The lowest BCUT2D eigenvalue weighted by atomic mass is 9.88. The number of nitrogens with zero attached hydrogens (tertiary/aromatic N) is 1. The van der Waals surface area contributed by atoms with Crippen molar-refractivity contribution in [1.82, 2.24) is 4.98 Å². The van der Waals surface area contributed by atoms with Crippen molar-refractivity contribution in [2.24, 2.45) is 0 Å². The molecular formula is C15H13NO. The molecule has 2 atom stereocenters. The molecular weight excluding hydrogens is 210 g/mol. The smallest absolute Gasteiger partial charge is 0.171 e. The van der Waals surface area contributed by atoms with Gasteiger partial charge in [-0.2, -0.15) is 0 Å².